The summed E-state index contributed by atoms with van der Waals surface area (Å²) in [6, 6.07) is 7.09. The van der Waals surface area contributed by atoms with Crippen LogP contribution < -0.4 is 16.6 Å². The van der Waals surface area contributed by atoms with E-state index in [1.165, 1.54) is 4.68 Å². The van der Waals surface area contributed by atoms with E-state index in [9.17, 15) is 9.59 Å². The Morgan fingerprint density at radius 2 is 1.84 bits per heavy atom. The van der Waals surface area contributed by atoms with Gasteiger partial charge in [0.05, 0.1) is 10.9 Å². The molecule has 2 rings (SSSR count). The number of carbonyl (C=O) groups excluding carboxylic acids is 1. The van der Waals surface area contributed by atoms with Crippen molar-refractivity contribution in [3.8, 4) is 0 Å². The van der Waals surface area contributed by atoms with Gasteiger partial charge in [-0.1, -0.05) is 45.9 Å². The zero-order valence-electron chi connectivity index (χ0n) is 15.7. The lowest BCUT2D eigenvalue weighted by atomic mass is 9.88. The number of amides is 1. The van der Waals surface area contributed by atoms with E-state index in [2.05, 4.69) is 10.4 Å². The lowest BCUT2D eigenvalue weighted by molar-refractivity contribution is 0.0877. The first-order chi connectivity index (χ1) is 11.7. The summed E-state index contributed by atoms with van der Waals surface area (Å²) in [5, 5.41) is 8.44. The fourth-order valence-electron chi connectivity index (χ4n) is 2.62. The number of benzene rings is 1. The third kappa shape index (κ3) is 3.90. The Morgan fingerprint density at radius 3 is 2.36 bits per heavy atom. The maximum absolute atomic E-state index is 12.9. The summed E-state index contributed by atoms with van der Waals surface area (Å²) in [4.78, 5) is 25.6. The topological polar surface area (TPSA) is 90.0 Å². The zero-order valence-corrected chi connectivity index (χ0v) is 15.7. The van der Waals surface area contributed by atoms with Crippen LogP contribution in [-0.4, -0.2) is 27.8 Å². The van der Waals surface area contributed by atoms with Gasteiger partial charge in [0.1, 0.15) is 0 Å². The molecule has 3 N–H and O–H groups in total. The Bertz CT molecular complexity index is 826. The Kier molecular flexibility index (Phi) is 5.62. The maximum atomic E-state index is 12.9. The van der Waals surface area contributed by atoms with Crippen LogP contribution in [0.25, 0.3) is 10.8 Å². The van der Waals surface area contributed by atoms with Crippen LogP contribution in [0.4, 0.5) is 0 Å². The molecule has 0 aliphatic heterocycles. The summed E-state index contributed by atoms with van der Waals surface area (Å²) in [6.45, 7) is 10.7. The number of nitrogens with zero attached hydrogens (tertiary/aromatic N) is 2. The SMILES string of the molecule is CC(C)Cn1nc(C(=O)NC(C)(CN)C(C)C)c2ccccc2c1=O. The second-order valence-electron chi connectivity index (χ2n) is 7.51. The molecule has 1 unspecified atom stereocenters. The molecule has 0 radical (unpaired) electrons. The summed E-state index contributed by atoms with van der Waals surface area (Å²) in [6.07, 6.45) is 0. The summed E-state index contributed by atoms with van der Waals surface area (Å²) < 4.78 is 1.39. The van der Waals surface area contributed by atoms with Crippen LogP contribution in [0.15, 0.2) is 29.1 Å². The van der Waals surface area contributed by atoms with Crippen molar-refractivity contribution in [2.45, 2.75) is 46.7 Å². The van der Waals surface area contributed by atoms with Crippen molar-refractivity contribution < 1.29 is 4.79 Å². The van der Waals surface area contributed by atoms with Crippen LogP contribution >= 0.6 is 0 Å². The number of nitrogens with two attached hydrogens (primary N) is 1. The van der Waals surface area contributed by atoms with E-state index in [4.69, 9.17) is 5.73 Å². The monoisotopic (exact) mass is 344 g/mol. The van der Waals surface area contributed by atoms with Crippen LogP contribution in [0.5, 0.6) is 0 Å². The third-order valence-corrected chi connectivity index (χ3v) is 4.72. The van der Waals surface area contributed by atoms with Crippen molar-refractivity contribution in [3.63, 3.8) is 0 Å². The van der Waals surface area contributed by atoms with Crippen molar-refractivity contribution >= 4 is 16.7 Å². The largest absolute Gasteiger partial charge is 0.344 e. The minimum Gasteiger partial charge on any atom is -0.344 e. The van der Waals surface area contributed by atoms with Crippen LogP contribution in [0.2, 0.25) is 0 Å². The van der Waals surface area contributed by atoms with Gasteiger partial charge in [0.15, 0.2) is 5.69 Å². The number of hydrogen-bond acceptors (Lipinski definition) is 4. The fraction of sp³-hybridized carbons (Fsp3) is 0.526. The first-order valence-electron chi connectivity index (χ1n) is 8.72. The summed E-state index contributed by atoms with van der Waals surface area (Å²) in [5.74, 6) is 0.0943. The summed E-state index contributed by atoms with van der Waals surface area (Å²) in [5.41, 5.74) is 5.42. The van der Waals surface area contributed by atoms with Gasteiger partial charge >= 0.3 is 0 Å². The summed E-state index contributed by atoms with van der Waals surface area (Å²) >= 11 is 0. The fourth-order valence-corrected chi connectivity index (χ4v) is 2.62. The molecular formula is C19H28N4O2. The van der Waals surface area contributed by atoms with E-state index in [0.29, 0.717) is 23.9 Å². The van der Waals surface area contributed by atoms with Crippen LogP contribution in [0.1, 0.15) is 45.1 Å². The van der Waals surface area contributed by atoms with Gasteiger partial charge in [-0.3, -0.25) is 9.59 Å². The highest BCUT2D eigenvalue weighted by Crippen LogP contribution is 2.18. The van der Waals surface area contributed by atoms with E-state index in [1.807, 2.05) is 34.6 Å². The van der Waals surface area contributed by atoms with Gasteiger partial charge in [0, 0.05) is 18.5 Å². The van der Waals surface area contributed by atoms with Crippen molar-refractivity contribution in [1.29, 1.82) is 0 Å². The van der Waals surface area contributed by atoms with E-state index in [1.54, 1.807) is 24.3 Å². The smallest absolute Gasteiger partial charge is 0.274 e. The molecular weight excluding hydrogens is 316 g/mol. The highest BCUT2D eigenvalue weighted by molar-refractivity contribution is 6.05. The number of nitrogens with one attached hydrogen (secondary N) is 1. The molecule has 0 spiro atoms. The molecule has 1 atom stereocenters. The minimum absolute atomic E-state index is 0.161. The molecule has 0 bridgehead atoms. The molecule has 6 nitrogen and oxygen atoms in total. The second-order valence-corrected chi connectivity index (χ2v) is 7.51. The third-order valence-electron chi connectivity index (χ3n) is 4.72. The van der Waals surface area contributed by atoms with Crippen molar-refractivity contribution in [3.05, 3.63) is 40.3 Å². The molecule has 1 aromatic carbocycles. The molecule has 1 amide bonds. The van der Waals surface area contributed by atoms with E-state index in [0.717, 1.165) is 0 Å². The van der Waals surface area contributed by atoms with Crippen molar-refractivity contribution in [2.75, 3.05) is 6.54 Å². The van der Waals surface area contributed by atoms with Gasteiger partial charge in [-0.15, -0.1) is 0 Å². The van der Waals surface area contributed by atoms with Gasteiger partial charge in [0.25, 0.3) is 11.5 Å². The van der Waals surface area contributed by atoms with Crippen molar-refractivity contribution in [1.82, 2.24) is 15.1 Å². The van der Waals surface area contributed by atoms with E-state index < -0.39 is 5.54 Å². The van der Waals surface area contributed by atoms with Crippen LogP contribution in [-0.2, 0) is 6.54 Å². The van der Waals surface area contributed by atoms with Gasteiger partial charge < -0.3 is 11.1 Å². The normalized spacial score (nSPS) is 14.1. The van der Waals surface area contributed by atoms with E-state index >= 15 is 0 Å². The molecule has 0 aliphatic rings. The lowest BCUT2D eigenvalue weighted by Crippen LogP contribution is -2.55. The Hall–Kier alpha value is -2.21. The lowest BCUT2D eigenvalue weighted by Gasteiger charge is -2.33. The number of carbonyl (C=O) groups is 1. The maximum Gasteiger partial charge on any atom is 0.274 e. The minimum atomic E-state index is -0.543. The predicted molar refractivity (Wildman–Crippen MR) is 101 cm³/mol. The molecule has 0 fully saturated rings. The number of aromatic nitrogens is 2. The molecule has 0 saturated carbocycles. The molecule has 25 heavy (non-hydrogen) atoms. The standard InChI is InChI=1S/C19H28N4O2/c1-12(2)10-23-18(25)15-9-7-6-8-14(15)16(22-23)17(24)21-19(5,11-20)13(3)4/h6-9,12-13H,10-11,20H2,1-5H3,(H,21,24). The highest BCUT2D eigenvalue weighted by atomic mass is 16.2. The van der Waals surface area contributed by atoms with Gasteiger partial charge in [-0.2, -0.15) is 5.10 Å². The van der Waals surface area contributed by atoms with Crippen LogP contribution in [0.3, 0.4) is 0 Å². The first-order valence-corrected chi connectivity index (χ1v) is 8.72. The number of fused-ring (bicyclic) bond motifs is 1. The Morgan fingerprint density at radius 1 is 1.24 bits per heavy atom. The second kappa shape index (κ2) is 7.35. The van der Waals surface area contributed by atoms with E-state index in [-0.39, 0.29) is 29.0 Å². The van der Waals surface area contributed by atoms with Crippen LogP contribution in [0, 0.1) is 11.8 Å². The summed E-state index contributed by atoms with van der Waals surface area (Å²) in [7, 11) is 0. The Labute approximate surface area is 148 Å². The molecule has 0 aliphatic carbocycles. The average Bonchev–Trinajstić information content (AvgIpc) is 2.56. The first kappa shape index (κ1) is 19.1. The highest BCUT2D eigenvalue weighted by Gasteiger charge is 2.30. The van der Waals surface area contributed by atoms with Gasteiger partial charge in [-0.25, -0.2) is 4.68 Å². The molecule has 1 heterocycles. The molecule has 6 heteroatoms. The molecule has 0 saturated heterocycles. The number of hydrogen-bond donors (Lipinski definition) is 2. The van der Waals surface area contributed by atoms with Gasteiger partial charge in [0.2, 0.25) is 0 Å². The number of rotatable bonds is 6. The quantitative estimate of drug-likeness (QED) is 0.840. The van der Waals surface area contributed by atoms with Crippen molar-refractivity contribution in [2.24, 2.45) is 17.6 Å². The van der Waals surface area contributed by atoms with Gasteiger partial charge in [-0.05, 0) is 24.8 Å². The molecule has 2 aromatic rings. The molecule has 1 aromatic heterocycles. The zero-order chi connectivity index (χ0) is 18.8. The Balaban J connectivity index is 2.58. The average molecular weight is 344 g/mol. The molecule has 136 valence electrons. The predicted octanol–water partition coefficient (Wildman–Crippen LogP) is 2.16.